The Balaban J connectivity index is 3.02. The maximum absolute atomic E-state index is 12.1. The lowest BCUT2D eigenvalue weighted by molar-refractivity contribution is -0.138. The van der Waals surface area contributed by atoms with Crippen LogP contribution in [0.1, 0.15) is 30.8 Å². The monoisotopic (exact) mass is 252 g/mol. The maximum atomic E-state index is 12.1. The van der Waals surface area contributed by atoms with Gasteiger partial charge >= 0.3 is 5.97 Å². The van der Waals surface area contributed by atoms with Crippen LogP contribution in [0.25, 0.3) is 0 Å². The molecule has 0 saturated heterocycles. The number of carboxylic acid groups (broad SMARTS) is 1. The average Bonchev–Trinajstić information content (AvgIpc) is 2.34. The maximum Gasteiger partial charge on any atom is 0.323 e. The Labute approximate surface area is 104 Å². The number of carboxylic acids is 1. The van der Waals surface area contributed by atoms with E-state index in [-0.39, 0.29) is 23.8 Å². The fourth-order valence-corrected chi connectivity index (χ4v) is 1.52. The Kier molecular flexibility index (Phi) is 4.65. The summed E-state index contributed by atoms with van der Waals surface area (Å²) >= 11 is 0. The summed E-state index contributed by atoms with van der Waals surface area (Å²) in [6.07, 6.45) is 0.635. The number of nitrogens with zero attached hydrogens (tertiary/aromatic N) is 1. The SMILES string of the molecule is CCC(C)N(CC(=O)O)C(=O)c1cccc(=O)[nH]1. The quantitative estimate of drug-likeness (QED) is 0.807. The molecule has 1 heterocycles. The molecule has 0 aliphatic heterocycles. The molecule has 1 atom stereocenters. The van der Waals surface area contributed by atoms with Crippen molar-refractivity contribution in [2.75, 3.05) is 6.54 Å². The Morgan fingerprint density at radius 3 is 2.61 bits per heavy atom. The highest BCUT2D eigenvalue weighted by Crippen LogP contribution is 2.08. The van der Waals surface area contributed by atoms with Crippen molar-refractivity contribution in [2.45, 2.75) is 26.3 Å². The standard InChI is InChI=1S/C12H16N2O4/c1-3-8(2)14(7-11(16)17)12(18)9-5-4-6-10(15)13-9/h4-6,8H,3,7H2,1-2H3,(H,13,15)(H,16,17). The number of rotatable bonds is 5. The van der Waals surface area contributed by atoms with E-state index in [2.05, 4.69) is 4.98 Å². The molecule has 0 radical (unpaired) electrons. The Bertz CT molecular complexity index is 495. The van der Waals surface area contributed by atoms with E-state index in [0.29, 0.717) is 6.42 Å². The lowest BCUT2D eigenvalue weighted by Gasteiger charge is -2.26. The molecule has 0 bridgehead atoms. The van der Waals surface area contributed by atoms with E-state index in [1.165, 1.54) is 23.1 Å². The van der Waals surface area contributed by atoms with Gasteiger partial charge in [-0.15, -0.1) is 0 Å². The van der Waals surface area contributed by atoms with Crippen LogP contribution in [-0.4, -0.2) is 39.5 Å². The summed E-state index contributed by atoms with van der Waals surface area (Å²) in [5.74, 6) is -1.56. The fraction of sp³-hybridized carbons (Fsp3) is 0.417. The lowest BCUT2D eigenvalue weighted by Crippen LogP contribution is -2.42. The zero-order chi connectivity index (χ0) is 13.7. The number of H-pyrrole nitrogens is 1. The van der Waals surface area contributed by atoms with Crippen molar-refractivity contribution < 1.29 is 14.7 Å². The average molecular weight is 252 g/mol. The molecule has 0 saturated carbocycles. The van der Waals surface area contributed by atoms with E-state index < -0.39 is 11.9 Å². The molecule has 0 aliphatic carbocycles. The van der Waals surface area contributed by atoms with Crippen LogP contribution < -0.4 is 5.56 Å². The second-order valence-electron chi connectivity index (χ2n) is 4.01. The van der Waals surface area contributed by atoms with Gasteiger partial charge in [0.25, 0.3) is 5.91 Å². The molecular formula is C12H16N2O4. The highest BCUT2D eigenvalue weighted by atomic mass is 16.4. The number of aliphatic carboxylic acids is 1. The third-order valence-corrected chi connectivity index (χ3v) is 2.69. The molecule has 6 heteroatoms. The predicted octanol–water partition coefficient (Wildman–Crippen LogP) is 0.700. The Morgan fingerprint density at radius 2 is 2.11 bits per heavy atom. The first kappa shape index (κ1) is 14.0. The van der Waals surface area contributed by atoms with Gasteiger partial charge in [0.1, 0.15) is 12.2 Å². The molecule has 98 valence electrons. The number of aromatic nitrogens is 1. The van der Waals surface area contributed by atoms with E-state index >= 15 is 0 Å². The minimum atomic E-state index is -1.08. The number of carbonyl (C=O) groups excluding carboxylic acids is 1. The predicted molar refractivity (Wildman–Crippen MR) is 65.5 cm³/mol. The molecule has 1 aromatic heterocycles. The Morgan fingerprint density at radius 1 is 1.44 bits per heavy atom. The van der Waals surface area contributed by atoms with E-state index in [4.69, 9.17) is 5.11 Å². The van der Waals surface area contributed by atoms with Gasteiger partial charge in [-0.3, -0.25) is 14.4 Å². The van der Waals surface area contributed by atoms with Crippen LogP contribution in [-0.2, 0) is 4.79 Å². The molecule has 1 rings (SSSR count). The van der Waals surface area contributed by atoms with Gasteiger partial charge < -0.3 is 15.0 Å². The second-order valence-corrected chi connectivity index (χ2v) is 4.01. The summed E-state index contributed by atoms with van der Waals surface area (Å²) in [6, 6.07) is 4.00. The molecular weight excluding hydrogens is 236 g/mol. The van der Waals surface area contributed by atoms with E-state index in [1.54, 1.807) is 6.92 Å². The van der Waals surface area contributed by atoms with Crippen molar-refractivity contribution in [3.63, 3.8) is 0 Å². The van der Waals surface area contributed by atoms with Gasteiger partial charge in [-0.05, 0) is 19.4 Å². The number of nitrogens with one attached hydrogen (secondary N) is 1. The minimum Gasteiger partial charge on any atom is -0.480 e. The van der Waals surface area contributed by atoms with Crippen molar-refractivity contribution in [3.05, 3.63) is 34.2 Å². The van der Waals surface area contributed by atoms with E-state index in [0.717, 1.165) is 0 Å². The summed E-state index contributed by atoms with van der Waals surface area (Å²) in [4.78, 5) is 37.7. The number of carbonyl (C=O) groups is 2. The van der Waals surface area contributed by atoms with Crippen molar-refractivity contribution in [1.82, 2.24) is 9.88 Å². The van der Waals surface area contributed by atoms with Gasteiger partial charge in [0.2, 0.25) is 5.56 Å². The highest BCUT2D eigenvalue weighted by molar-refractivity contribution is 5.94. The van der Waals surface area contributed by atoms with Crippen LogP contribution >= 0.6 is 0 Å². The van der Waals surface area contributed by atoms with Crippen LogP contribution in [0.15, 0.2) is 23.0 Å². The molecule has 0 aliphatic rings. The topological polar surface area (TPSA) is 90.5 Å². The van der Waals surface area contributed by atoms with Crippen LogP contribution in [0.5, 0.6) is 0 Å². The van der Waals surface area contributed by atoms with Gasteiger partial charge in [-0.25, -0.2) is 0 Å². The van der Waals surface area contributed by atoms with Crippen molar-refractivity contribution in [1.29, 1.82) is 0 Å². The summed E-state index contributed by atoms with van der Waals surface area (Å²) in [5, 5.41) is 8.81. The third-order valence-electron chi connectivity index (χ3n) is 2.69. The first-order valence-corrected chi connectivity index (χ1v) is 5.67. The van der Waals surface area contributed by atoms with Gasteiger partial charge in [0.05, 0.1) is 0 Å². The third kappa shape index (κ3) is 3.44. The summed E-state index contributed by atoms with van der Waals surface area (Å²) in [7, 11) is 0. The largest absolute Gasteiger partial charge is 0.480 e. The molecule has 1 amide bonds. The van der Waals surface area contributed by atoms with Crippen LogP contribution in [0.3, 0.4) is 0 Å². The number of hydrogen-bond donors (Lipinski definition) is 2. The second kappa shape index (κ2) is 6.00. The number of amides is 1. The van der Waals surface area contributed by atoms with Crippen LogP contribution in [0, 0.1) is 0 Å². The first-order chi connectivity index (χ1) is 8.45. The molecule has 2 N–H and O–H groups in total. The lowest BCUT2D eigenvalue weighted by atomic mass is 10.2. The van der Waals surface area contributed by atoms with Crippen molar-refractivity contribution >= 4 is 11.9 Å². The molecule has 18 heavy (non-hydrogen) atoms. The molecule has 0 aromatic carbocycles. The van der Waals surface area contributed by atoms with Gasteiger partial charge in [0.15, 0.2) is 0 Å². The molecule has 0 spiro atoms. The number of aromatic amines is 1. The van der Waals surface area contributed by atoms with Crippen molar-refractivity contribution in [2.24, 2.45) is 0 Å². The number of hydrogen-bond acceptors (Lipinski definition) is 3. The molecule has 0 fully saturated rings. The van der Waals surface area contributed by atoms with E-state index in [9.17, 15) is 14.4 Å². The fourth-order valence-electron chi connectivity index (χ4n) is 1.52. The molecule has 1 aromatic rings. The zero-order valence-electron chi connectivity index (χ0n) is 10.3. The van der Waals surface area contributed by atoms with Gasteiger partial charge in [-0.1, -0.05) is 13.0 Å². The van der Waals surface area contributed by atoms with Crippen molar-refractivity contribution in [3.8, 4) is 0 Å². The van der Waals surface area contributed by atoms with Crippen LogP contribution in [0.4, 0.5) is 0 Å². The normalized spacial score (nSPS) is 11.9. The molecule has 6 nitrogen and oxygen atoms in total. The summed E-state index contributed by atoms with van der Waals surface area (Å²) in [6.45, 7) is 3.24. The van der Waals surface area contributed by atoms with E-state index in [1.807, 2.05) is 6.92 Å². The van der Waals surface area contributed by atoms with Gasteiger partial charge in [0, 0.05) is 12.1 Å². The minimum absolute atomic E-state index is 0.101. The Hall–Kier alpha value is -2.11. The van der Waals surface area contributed by atoms with Crippen LogP contribution in [0.2, 0.25) is 0 Å². The highest BCUT2D eigenvalue weighted by Gasteiger charge is 2.23. The smallest absolute Gasteiger partial charge is 0.323 e. The zero-order valence-corrected chi connectivity index (χ0v) is 10.3. The summed E-state index contributed by atoms with van der Waals surface area (Å²) in [5.41, 5.74) is -0.288. The number of pyridine rings is 1. The molecule has 1 unspecified atom stereocenters. The first-order valence-electron chi connectivity index (χ1n) is 5.67. The summed E-state index contributed by atoms with van der Waals surface area (Å²) < 4.78 is 0. The van der Waals surface area contributed by atoms with Gasteiger partial charge in [-0.2, -0.15) is 0 Å².